The van der Waals surface area contributed by atoms with Gasteiger partial charge in [0.05, 0.1) is 14.2 Å². The average molecular weight is 1150 g/mol. The number of hydrogen-bond donors (Lipinski definition) is 0. The summed E-state index contributed by atoms with van der Waals surface area (Å²) in [5.41, 5.74) is 3.44. The summed E-state index contributed by atoms with van der Waals surface area (Å²) in [6.45, 7) is 13.1. The summed E-state index contributed by atoms with van der Waals surface area (Å²) < 4.78 is 59.6. The van der Waals surface area contributed by atoms with E-state index >= 15 is 0 Å². The van der Waals surface area contributed by atoms with Crippen molar-refractivity contribution in [1.29, 1.82) is 0 Å². The number of methoxy groups -OCH3 is 2. The molecule has 2 aliphatic heterocycles. The lowest BCUT2D eigenvalue weighted by Crippen LogP contribution is -2.52. The molecule has 0 radical (unpaired) electrons. The van der Waals surface area contributed by atoms with Crippen molar-refractivity contribution in [2.75, 3.05) is 14.2 Å². The van der Waals surface area contributed by atoms with Gasteiger partial charge in [0.15, 0.2) is 16.8 Å². The minimum absolute atomic E-state index is 0.196. The molecule has 0 spiro atoms. The number of allylic oxidation sites excluding steroid dienone is 3. The van der Waals surface area contributed by atoms with Crippen LogP contribution < -0.4 is 18.5 Å². The third-order valence-electron chi connectivity index (χ3n) is 16.5. The van der Waals surface area contributed by atoms with Crippen LogP contribution in [0.1, 0.15) is 98.0 Å². The van der Waals surface area contributed by atoms with E-state index in [1.807, 2.05) is 54.6 Å². The van der Waals surface area contributed by atoms with Gasteiger partial charge < -0.3 is 18.5 Å². The minimum atomic E-state index is -2.32. The lowest BCUT2D eigenvalue weighted by Gasteiger charge is -2.47. The molecule has 1 aliphatic carbocycles. The Bertz CT molecular complexity index is 3570. The van der Waals surface area contributed by atoms with E-state index < -0.39 is 50.4 Å². The van der Waals surface area contributed by atoms with Gasteiger partial charge in [0.2, 0.25) is 0 Å². The van der Waals surface area contributed by atoms with Crippen LogP contribution in [0.15, 0.2) is 261 Å². The first-order valence-electron chi connectivity index (χ1n) is 28.7. The van der Waals surface area contributed by atoms with Gasteiger partial charge in [0, 0.05) is 28.2 Å². The first-order valence-corrected chi connectivity index (χ1v) is 30.9. The molecule has 2 heterocycles. The van der Waals surface area contributed by atoms with Crippen molar-refractivity contribution in [1.82, 2.24) is 0 Å². The van der Waals surface area contributed by atoms with Gasteiger partial charge >= 0.3 is 17.2 Å². The highest BCUT2D eigenvalue weighted by molar-refractivity contribution is 7.42. The third-order valence-corrected chi connectivity index (χ3v) is 18.9. The molecule has 2 fully saturated rings. The highest BCUT2D eigenvalue weighted by Gasteiger charge is 2.69. The normalized spacial score (nSPS) is 19.9. The van der Waals surface area contributed by atoms with Crippen molar-refractivity contribution in [2.45, 2.75) is 81.2 Å². The van der Waals surface area contributed by atoms with Crippen LogP contribution >= 0.6 is 17.2 Å². The molecular weight excluding hydrogens is 1080 g/mol. The summed E-state index contributed by atoms with van der Waals surface area (Å²) in [6.07, 6.45) is 9.38. The highest BCUT2D eigenvalue weighted by Crippen LogP contribution is 2.74. The quantitative estimate of drug-likeness (QED) is 0.0940. The fraction of sp³-hybridized carbons (Fsp3) is 0.216. The molecule has 0 saturated carbocycles. The smallest absolute Gasteiger partial charge is 0.400 e. The maximum atomic E-state index is 7.90. The van der Waals surface area contributed by atoms with E-state index in [1.165, 1.54) is 0 Å². The van der Waals surface area contributed by atoms with Crippen LogP contribution in [0.4, 0.5) is 0 Å². The van der Waals surface area contributed by atoms with Crippen LogP contribution in [0.25, 0.3) is 11.1 Å². The molecule has 12 rings (SSSR count). The molecule has 9 aromatic rings. The van der Waals surface area contributed by atoms with Crippen LogP contribution in [0.2, 0.25) is 0 Å². The Hall–Kier alpha value is -7.64. The summed E-state index contributed by atoms with van der Waals surface area (Å²) in [5.74, 6) is 2.11. The van der Waals surface area contributed by atoms with Crippen LogP contribution in [-0.2, 0) is 51.3 Å². The van der Waals surface area contributed by atoms with Crippen molar-refractivity contribution < 1.29 is 36.6 Å². The van der Waals surface area contributed by atoms with Gasteiger partial charge in [-0.25, -0.2) is 0 Å². The van der Waals surface area contributed by atoms with E-state index in [9.17, 15) is 0 Å². The van der Waals surface area contributed by atoms with E-state index in [0.717, 1.165) is 50.1 Å². The van der Waals surface area contributed by atoms with Crippen LogP contribution in [0.5, 0.6) is 23.0 Å². The molecule has 10 heteroatoms. The van der Waals surface area contributed by atoms with Crippen molar-refractivity contribution in [3.05, 3.63) is 311 Å². The number of benzene rings is 9. The molecule has 424 valence electrons. The van der Waals surface area contributed by atoms with E-state index in [-0.39, 0.29) is 5.92 Å². The summed E-state index contributed by atoms with van der Waals surface area (Å²) in [7, 11) is -1.22. The Morgan fingerprint density at radius 3 is 1.00 bits per heavy atom. The SMILES string of the molecule is COc1cc(-c2cc(OC)cc(C(C)(C)C)c2OP2OC(c3ccccc3)(c3ccccc3)C(c3ccccc3)(C3C=CC=CC3)O2)c(OP2OC(c3ccccc3)(c3ccccc3)C(c3ccccc3)(c3ccccc3)O2)c(C(C)(C)C)c1. The second kappa shape index (κ2) is 23.1. The predicted octanol–water partition coefficient (Wildman–Crippen LogP) is 19.1. The van der Waals surface area contributed by atoms with E-state index in [4.69, 9.17) is 36.6 Å². The molecular formula is C74H70O8P2. The van der Waals surface area contributed by atoms with E-state index in [1.54, 1.807) is 14.2 Å². The lowest BCUT2D eigenvalue weighted by atomic mass is 9.62. The van der Waals surface area contributed by atoms with Crippen molar-refractivity contribution in [3.63, 3.8) is 0 Å². The predicted molar refractivity (Wildman–Crippen MR) is 337 cm³/mol. The number of hydrogen-bond acceptors (Lipinski definition) is 8. The summed E-state index contributed by atoms with van der Waals surface area (Å²) in [6, 6.07) is 81.1. The van der Waals surface area contributed by atoms with E-state index in [2.05, 4.69) is 248 Å². The second-order valence-corrected chi connectivity index (χ2v) is 25.6. The first kappa shape index (κ1) is 56.8. The summed E-state index contributed by atoms with van der Waals surface area (Å²) in [4.78, 5) is 0. The average Bonchev–Trinajstić information content (AvgIpc) is 1.81. The van der Waals surface area contributed by atoms with E-state index in [0.29, 0.717) is 40.5 Å². The summed E-state index contributed by atoms with van der Waals surface area (Å²) >= 11 is 0. The number of rotatable bonds is 15. The second-order valence-electron chi connectivity index (χ2n) is 23.6. The standard InChI is InChI=1S/C74H70O8P2/c1-69(2,3)65-51-61(75-7)49-63(67(65)77-83-79-71(53-33-17-9-18-34-53,54-35-19-10-20-36-54)72(80-83,55-37-21-11-22-38-55)56-39-23-12-24-40-56)64-50-62(76-8)52-66(70(4,5)6)68(64)78-84-81-73(57-41-25-13-26-42-57,58-43-27-14-28-44-58)74(82-84,59-45-29-15-30-46-59)60-47-31-16-32-48-60/h9-47,49-52,60H,48H2,1-8H3. The maximum Gasteiger partial charge on any atom is 0.400 e. The highest BCUT2D eigenvalue weighted by atomic mass is 31.2. The fourth-order valence-electron chi connectivity index (χ4n) is 12.6. The first-order chi connectivity index (χ1) is 40.8. The molecule has 3 unspecified atom stereocenters. The monoisotopic (exact) mass is 1150 g/mol. The van der Waals surface area contributed by atoms with Gasteiger partial charge in [-0.05, 0) is 80.5 Å². The zero-order chi connectivity index (χ0) is 58.2. The topological polar surface area (TPSA) is 73.8 Å². The molecule has 0 amide bonds. The van der Waals surface area contributed by atoms with Crippen molar-refractivity contribution >= 4 is 17.2 Å². The van der Waals surface area contributed by atoms with Crippen LogP contribution in [-0.4, -0.2) is 14.2 Å². The molecule has 3 aliphatic rings. The van der Waals surface area contributed by atoms with Gasteiger partial charge in [0.1, 0.15) is 28.6 Å². The molecule has 9 aromatic carbocycles. The third kappa shape index (κ3) is 9.77. The van der Waals surface area contributed by atoms with Crippen LogP contribution in [0, 0.1) is 5.92 Å². The molecule has 8 nitrogen and oxygen atoms in total. The molecule has 0 N–H and O–H groups in total. The summed E-state index contributed by atoms with van der Waals surface area (Å²) in [5, 5.41) is 0. The number of ether oxygens (including phenoxy) is 2. The van der Waals surface area contributed by atoms with Crippen LogP contribution in [0.3, 0.4) is 0 Å². The molecule has 84 heavy (non-hydrogen) atoms. The van der Waals surface area contributed by atoms with Gasteiger partial charge in [-0.2, -0.15) is 0 Å². The molecule has 2 saturated heterocycles. The largest absolute Gasteiger partial charge is 0.497 e. The van der Waals surface area contributed by atoms with Gasteiger partial charge in [0.25, 0.3) is 0 Å². The zero-order valence-electron chi connectivity index (χ0n) is 48.8. The molecule has 3 atom stereocenters. The Labute approximate surface area is 497 Å². The Morgan fingerprint density at radius 2 is 0.690 bits per heavy atom. The van der Waals surface area contributed by atoms with Gasteiger partial charge in [-0.1, -0.05) is 278 Å². The lowest BCUT2D eigenvalue weighted by molar-refractivity contribution is -0.0623. The maximum absolute atomic E-state index is 7.90. The zero-order valence-corrected chi connectivity index (χ0v) is 50.6. The Morgan fingerprint density at radius 1 is 0.381 bits per heavy atom. The molecule has 0 bridgehead atoms. The van der Waals surface area contributed by atoms with Crippen molar-refractivity contribution in [3.8, 4) is 34.1 Å². The fourth-order valence-corrected chi connectivity index (χ4v) is 15.8. The minimum Gasteiger partial charge on any atom is -0.497 e. The van der Waals surface area contributed by atoms with Gasteiger partial charge in [-0.3, -0.25) is 18.1 Å². The Kier molecular flexibility index (Phi) is 15.6. The van der Waals surface area contributed by atoms with Crippen molar-refractivity contribution in [2.24, 2.45) is 5.92 Å². The Balaban J connectivity index is 1.10. The van der Waals surface area contributed by atoms with Gasteiger partial charge in [-0.15, -0.1) is 0 Å². The molecule has 0 aromatic heterocycles.